The third-order valence-electron chi connectivity index (χ3n) is 5.52. The van der Waals surface area contributed by atoms with Gasteiger partial charge in [0.1, 0.15) is 11.8 Å². The molecule has 160 valence electrons. The lowest BCUT2D eigenvalue weighted by molar-refractivity contribution is 0.141. The number of nitrogens with zero attached hydrogens (tertiary/aromatic N) is 2. The van der Waals surface area contributed by atoms with Gasteiger partial charge in [-0.05, 0) is 36.8 Å². The lowest BCUT2D eigenvalue weighted by Gasteiger charge is -2.28. The number of anilines is 2. The molecule has 7 heteroatoms. The number of carbonyl (C=O) groups is 1. The number of halogens is 2. The van der Waals surface area contributed by atoms with Gasteiger partial charge in [-0.3, -0.25) is 4.90 Å². The fourth-order valence-corrected chi connectivity index (χ4v) is 4.86. The lowest BCUT2D eigenvalue weighted by atomic mass is 10.1. The second-order valence-electron chi connectivity index (χ2n) is 7.87. The standard InChI is InChI=1S/C23H26F2N2O2S/c1-16-4-6-17(7-5-16)12-19-15-27(23(28)29-19)18-13-20(24)22(21(25)14-18)26-8-2-10-30-11-3-9-26/h4-7,13-14,19H,2-3,8-12,15H2,1H3/t19-/m1/s1. The topological polar surface area (TPSA) is 32.8 Å². The van der Waals surface area contributed by atoms with Gasteiger partial charge in [-0.15, -0.1) is 0 Å². The highest BCUT2D eigenvalue weighted by Crippen LogP contribution is 2.32. The first-order valence-corrected chi connectivity index (χ1v) is 11.5. The molecule has 0 unspecified atom stereocenters. The number of rotatable bonds is 4. The zero-order valence-electron chi connectivity index (χ0n) is 17.1. The molecule has 0 saturated carbocycles. The Balaban J connectivity index is 1.49. The van der Waals surface area contributed by atoms with E-state index in [0.717, 1.165) is 35.5 Å². The van der Waals surface area contributed by atoms with Gasteiger partial charge in [0.15, 0.2) is 11.6 Å². The van der Waals surface area contributed by atoms with E-state index in [2.05, 4.69) is 0 Å². The molecule has 0 N–H and O–H groups in total. The molecular formula is C23H26F2N2O2S. The molecule has 2 aromatic rings. The molecule has 2 aliphatic rings. The monoisotopic (exact) mass is 432 g/mol. The average molecular weight is 433 g/mol. The molecule has 0 aromatic heterocycles. The normalized spacial score (nSPS) is 20.1. The summed E-state index contributed by atoms with van der Waals surface area (Å²) in [5, 5.41) is 0. The Morgan fingerprint density at radius 2 is 1.70 bits per heavy atom. The summed E-state index contributed by atoms with van der Waals surface area (Å²) < 4.78 is 35.3. The summed E-state index contributed by atoms with van der Waals surface area (Å²) in [7, 11) is 0. The number of aryl methyl sites for hydroxylation is 1. The van der Waals surface area contributed by atoms with Gasteiger partial charge in [0.25, 0.3) is 0 Å². The van der Waals surface area contributed by atoms with E-state index in [1.165, 1.54) is 17.0 Å². The molecule has 1 amide bonds. The summed E-state index contributed by atoms with van der Waals surface area (Å²) in [5.74, 6) is 0.737. The Kier molecular flexibility index (Phi) is 6.46. The molecular weight excluding hydrogens is 406 g/mol. The third kappa shape index (κ3) is 4.72. The average Bonchev–Trinajstić information content (AvgIpc) is 3.04. The van der Waals surface area contributed by atoms with E-state index in [1.807, 2.05) is 43.0 Å². The minimum atomic E-state index is -0.631. The fourth-order valence-electron chi connectivity index (χ4n) is 3.99. The molecule has 2 fully saturated rings. The third-order valence-corrected chi connectivity index (χ3v) is 6.68. The molecule has 4 rings (SSSR count). The van der Waals surface area contributed by atoms with Crippen LogP contribution in [0.4, 0.5) is 25.0 Å². The Bertz CT molecular complexity index is 876. The van der Waals surface area contributed by atoms with Gasteiger partial charge in [0, 0.05) is 31.6 Å². The highest BCUT2D eigenvalue weighted by atomic mass is 32.2. The predicted octanol–water partition coefficient (Wildman–Crippen LogP) is 5.17. The molecule has 4 nitrogen and oxygen atoms in total. The van der Waals surface area contributed by atoms with Crippen molar-refractivity contribution in [2.75, 3.05) is 40.9 Å². The van der Waals surface area contributed by atoms with Crippen molar-refractivity contribution in [2.45, 2.75) is 32.3 Å². The number of ether oxygens (including phenoxy) is 1. The van der Waals surface area contributed by atoms with Gasteiger partial charge < -0.3 is 9.64 Å². The second-order valence-corrected chi connectivity index (χ2v) is 9.10. The van der Waals surface area contributed by atoms with E-state index in [4.69, 9.17) is 4.74 Å². The van der Waals surface area contributed by atoms with Crippen molar-refractivity contribution < 1.29 is 18.3 Å². The summed E-state index contributed by atoms with van der Waals surface area (Å²) in [5.41, 5.74) is 2.43. The van der Waals surface area contributed by atoms with E-state index in [9.17, 15) is 13.6 Å². The maximum Gasteiger partial charge on any atom is 0.414 e. The molecule has 0 aliphatic carbocycles. The lowest BCUT2D eigenvalue weighted by Crippen LogP contribution is -2.30. The summed E-state index contributed by atoms with van der Waals surface area (Å²) in [4.78, 5) is 15.5. The minimum absolute atomic E-state index is 0.00872. The number of carbonyl (C=O) groups excluding carboxylic acids is 1. The fraction of sp³-hybridized carbons (Fsp3) is 0.435. The van der Waals surface area contributed by atoms with E-state index in [-0.39, 0.29) is 24.0 Å². The molecule has 0 spiro atoms. The highest BCUT2D eigenvalue weighted by molar-refractivity contribution is 7.99. The number of benzene rings is 2. The van der Waals surface area contributed by atoms with Gasteiger partial charge in [0.2, 0.25) is 0 Å². The molecule has 2 aliphatic heterocycles. The van der Waals surface area contributed by atoms with Crippen molar-refractivity contribution in [3.8, 4) is 0 Å². The maximum atomic E-state index is 14.9. The van der Waals surface area contributed by atoms with Crippen LogP contribution in [0.15, 0.2) is 36.4 Å². The van der Waals surface area contributed by atoms with E-state index in [1.54, 1.807) is 4.90 Å². The Labute approximate surface area is 180 Å². The number of amides is 1. The summed E-state index contributed by atoms with van der Waals surface area (Å²) in [6.45, 7) is 3.54. The van der Waals surface area contributed by atoms with Crippen LogP contribution in [0.1, 0.15) is 24.0 Å². The molecule has 1 atom stereocenters. The first kappa shape index (κ1) is 21.0. The van der Waals surface area contributed by atoms with Gasteiger partial charge in [0.05, 0.1) is 12.2 Å². The number of thioether (sulfide) groups is 1. The maximum absolute atomic E-state index is 14.9. The van der Waals surface area contributed by atoms with Crippen LogP contribution in [-0.2, 0) is 11.2 Å². The SMILES string of the molecule is Cc1ccc(C[C@@H]2CN(c3cc(F)c(N4CCCSCCC4)c(F)c3)C(=O)O2)cc1. The Morgan fingerprint density at radius 3 is 2.33 bits per heavy atom. The predicted molar refractivity (Wildman–Crippen MR) is 118 cm³/mol. The van der Waals surface area contributed by atoms with Crippen molar-refractivity contribution in [3.63, 3.8) is 0 Å². The smallest absolute Gasteiger partial charge is 0.414 e. The number of hydrogen-bond donors (Lipinski definition) is 0. The Hall–Kier alpha value is -2.28. The Morgan fingerprint density at radius 1 is 1.07 bits per heavy atom. The number of cyclic esters (lactones) is 1. The van der Waals surface area contributed by atoms with Crippen LogP contribution >= 0.6 is 11.8 Å². The largest absolute Gasteiger partial charge is 0.444 e. The van der Waals surface area contributed by atoms with Gasteiger partial charge >= 0.3 is 6.09 Å². The van der Waals surface area contributed by atoms with Crippen molar-refractivity contribution in [1.29, 1.82) is 0 Å². The molecule has 30 heavy (non-hydrogen) atoms. The molecule has 0 radical (unpaired) electrons. The quantitative estimate of drug-likeness (QED) is 0.667. The zero-order chi connectivity index (χ0) is 21.1. The summed E-state index contributed by atoms with van der Waals surface area (Å²) in [6.07, 6.45) is 1.44. The van der Waals surface area contributed by atoms with Crippen molar-refractivity contribution >= 4 is 29.2 Å². The van der Waals surface area contributed by atoms with Crippen molar-refractivity contribution in [2.24, 2.45) is 0 Å². The summed E-state index contributed by atoms with van der Waals surface area (Å²) in [6, 6.07) is 10.5. The first-order chi connectivity index (χ1) is 14.5. The van der Waals surface area contributed by atoms with Crippen molar-refractivity contribution in [1.82, 2.24) is 0 Å². The summed E-state index contributed by atoms with van der Waals surface area (Å²) >= 11 is 1.88. The van der Waals surface area contributed by atoms with E-state index >= 15 is 0 Å². The molecule has 2 aromatic carbocycles. The number of hydrogen-bond acceptors (Lipinski definition) is 4. The zero-order valence-corrected chi connectivity index (χ0v) is 17.9. The van der Waals surface area contributed by atoms with Crippen LogP contribution in [0.3, 0.4) is 0 Å². The van der Waals surface area contributed by atoms with Gasteiger partial charge in [-0.25, -0.2) is 13.6 Å². The highest BCUT2D eigenvalue weighted by Gasteiger charge is 2.33. The molecule has 2 saturated heterocycles. The molecule has 0 bridgehead atoms. The van der Waals surface area contributed by atoms with E-state index < -0.39 is 17.7 Å². The van der Waals surface area contributed by atoms with Gasteiger partial charge in [-0.1, -0.05) is 29.8 Å². The van der Waals surface area contributed by atoms with Crippen LogP contribution in [0.2, 0.25) is 0 Å². The second kappa shape index (κ2) is 9.25. The minimum Gasteiger partial charge on any atom is -0.444 e. The van der Waals surface area contributed by atoms with Gasteiger partial charge in [-0.2, -0.15) is 11.8 Å². The van der Waals surface area contributed by atoms with E-state index in [0.29, 0.717) is 19.5 Å². The van der Waals surface area contributed by atoms with Crippen LogP contribution in [0.25, 0.3) is 0 Å². The first-order valence-electron chi connectivity index (χ1n) is 10.4. The molecule has 2 heterocycles. The van der Waals surface area contributed by atoms with Crippen LogP contribution in [0.5, 0.6) is 0 Å². The van der Waals surface area contributed by atoms with Crippen molar-refractivity contribution in [3.05, 3.63) is 59.2 Å². The van der Waals surface area contributed by atoms with Crippen LogP contribution in [-0.4, -0.2) is 43.3 Å². The van der Waals surface area contributed by atoms with Crippen LogP contribution in [0, 0.1) is 18.6 Å². The van der Waals surface area contributed by atoms with Crippen LogP contribution < -0.4 is 9.80 Å².